The van der Waals surface area contributed by atoms with E-state index < -0.39 is 0 Å². The van der Waals surface area contributed by atoms with Crippen LogP contribution in [0.2, 0.25) is 0 Å². The normalized spacial score (nSPS) is 13.9. The Morgan fingerprint density at radius 1 is 0.941 bits per heavy atom. The van der Waals surface area contributed by atoms with Gasteiger partial charge in [0.15, 0.2) is 0 Å². The quantitative estimate of drug-likeness (QED) is 0.574. The molecule has 0 bridgehead atoms. The van der Waals surface area contributed by atoms with E-state index in [1.54, 1.807) is 0 Å². The van der Waals surface area contributed by atoms with Gasteiger partial charge in [-0.25, -0.2) is 0 Å². The molecule has 2 heteroatoms. The van der Waals surface area contributed by atoms with Crippen molar-refractivity contribution >= 4 is 0 Å². The van der Waals surface area contributed by atoms with Crippen LogP contribution in [-0.2, 0) is 0 Å². The predicted octanol–water partition coefficient (Wildman–Crippen LogP) is 3.43. The van der Waals surface area contributed by atoms with Crippen LogP contribution in [0.5, 0.6) is 0 Å². The molecule has 0 heterocycles. The Balaban J connectivity index is 3.22. The molecule has 0 spiro atoms. The second kappa shape index (κ2) is 9.90. The zero-order valence-corrected chi connectivity index (χ0v) is 12.7. The van der Waals surface area contributed by atoms with Gasteiger partial charge in [0.05, 0.1) is 0 Å². The summed E-state index contributed by atoms with van der Waals surface area (Å²) in [5, 5.41) is 6.96. The Morgan fingerprint density at radius 3 is 2.06 bits per heavy atom. The van der Waals surface area contributed by atoms with Crippen molar-refractivity contribution in [3.05, 3.63) is 0 Å². The fourth-order valence-electron chi connectivity index (χ4n) is 2.26. The molecule has 17 heavy (non-hydrogen) atoms. The molecule has 0 radical (unpaired) electrons. The lowest BCUT2D eigenvalue weighted by Gasteiger charge is -2.23. The minimum absolute atomic E-state index is 0.476. The minimum Gasteiger partial charge on any atom is -0.317 e. The number of nitrogens with one attached hydrogen (secondary N) is 2. The van der Waals surface area contributed by atoms with Crippen LogP contribution in [0.3, 0.4) is 0 Å². The molecule has 0 fully saturated rings. The Labute approximate surface area is 109 Å². The van der Waals surface area contributed by atoms with E-state index in [-0.39, 0.29) is 0 Å². The standard InChI is InChI=1S/C15H34N2/c1-6-9-16-10-7-11-17-12-8-14(2)13-15(3,4)5/h14,16-17H,6-13H2,1-5H3. The van der Waals surface area contributed by atoms with Gasteiger partial charge >= 0.3 is 0 Å². The molecule has 2 N–H and O–H groups in total. The van der Waals surface area contributed by atoms with E-state index in [4.69, 9.17) is 0 Å². The molecule has 0 aromatic carbocycles. The van der Waals surface area contributed by atoms with Crippen LogP contribution < -0.4 is 10.6 Å². The first kappa shape index (κ1) is 16.9. The van der Waals surface area contributed by atoms with E-state index in [9.17, 15) is 0 Å². The molecule has 0 saturated carbocycles. The van der Waals surface area contributed by atoms with Gasteiger partial charge in [0.1, 0.15) is 0 Å². The first-order chi connectivity index (χ1) is 7.95. The molecule has 0 aromatic rings. The van der Waals surface area contributed by atoms with Crippen molar-refractivity contribution in [2.45, 2.75) is 60.3 Å². The topological polar surface area (TPSA) is 24.1 Å². The van der Waals surface area contributed by atoms with E-state index >= 15 is 0 Å². The summed E-state index contributed by atoms with van der Waals surface area (Å²) in [6.07, 6.45) is 5.11. The summed E-state index contributed by atoms with van der Waals surface area (Å²) in [5.41, 5.74) is 0.476. The summed E-state index contributed by atoms with van der Waals surface area (Å²) in [6, 6.07) is 0. The SMILES string of the molecule is CCCNCCCNCCC(C)CC(C)(C)C. The maximum atomic E-state index is 3.54. The molecule has 0 aliphatic rings. The molecule has 1 atom stereocenters. The van der Waals surface area contributed by atoms with Crippen molar-refractivity contribution in [1.29, 1.82) is 0 Å². The molecule has 0 rings (SSSR count). The van der Waals surface area contributed by atoms with Crippen LogP contribution in [0.25, 0.3) is 0 Å². The smallest absolute Gasteiger partial charge is 0.00368 e. The van der Waals surface area contributed by atoms with Crippen molar-refractivity contribution in [3.8, 4) is 0 Å². The Kier molecular flexibility index (Phi) is 9.85. The van der Waals surface area contributed by atoms with Crippen molar-refractivity contribution in [2.24, 2.45) is 11.3 Å². The highest BCUT2D eigenvalue weighted by atomic mass is 14.9. The summed E-state index contributed by atoms with van der Waals surface area (Å²) in [4.78, 5) is 0. The van der Waals surface area contributed by atoms with Gasteiger partial charge in [0.25, 0.3) is 0 Å². The average molecular weight is 242 g/mol. The van der Waals surface area contributed by atoms with Gasteiger partial charge in [-0.3, -0.25) is 0 Å². The zero-order valence-electron chi connectivity index (χ0n) is 12.7. The third-order valence-corrected chi connectivity index (χ3v) is 2.91. The van der Waals surface area contributed by atoms with Gasteiger partial charge in [0, 0.05) is 0 Å². The third-order valence-electron chi connectivity index (χ3n) is 2.91. The van der Waals surface area contributed by atoms with Crippen LogP contribution in [0.4, 0.5) is 0 Å². The Morgan fingerprint density at radius 2 is 1.53 bits per heavy atom. The lowest BCUT2D eigenvalue weighted by atomic mass is 9.84. The highest BCUT2D eigenvalue weighted by Crippen LogP contribution is 2.25. The lowest BCUT2D eigenvalue weighted by Crippen LogP contribution is -2.24. The molecule has 1 unspecified atom stereocenters. The van der Waals surface area contributed by atoms with Crippen LogP contribution in [0.1, 0.15) is 60.3 Å². The van der Waals surface area contributed by atoms with Gasteiger partial charge in [-0.05, 0) is 63.2 Å². The Bertz CT molecular complexity index is 161. The van der Waals surface area contributed by atoms with Gasteiger partial charge < -0.3 is 10.6 Å². The molecular formula is C15H34N2. The van der Waals surface area contributed by atoms with Crippen LogP contribution >= 0.6 is 0 Å². The summed E-state index contributed by atoms with van der Waals surface area (Å²) in [6.45, 7) is 16.2. The molecular weight excluding hydrogens is 208 g/mol. The maximum absolute atomic E-state index is 3.54. The van der Waals surface area contributed by atoms with E-state index in [1.165, 1.54) is 32.2 Å². The lowest BCUT2D eigenvalue weighted by molar-refractivity contribution is 0.294. The third kappa shape index (κ3) is 13.9. The van der Waals surface area contributed by atoms with Crippen molar-refractivity contribution in [1.82, 2.24) is 10.6 Å². The molecule has 104 valence electrons. The highest BCUT2D eigenvalue weighted by Gasteiger charge is 2.14. The minimum atomic E-state index is 0.476. The number of hydrogen-bond donors (Lipinski definition) is 2. The summed E-state index contributed by atoms with van der Waals surface area (Å²) in [7, 11) is 0. The highest BCUT2D eigenvalue weighted by molar-refractivity contribution is 4.67. The first-order valence-electron chi connectivity index (χ1n) is 7.37. The fourth-order valence-corrected chi connectivity index (χ4v) is 2.26. The van der Waals surface area contributed by atoms with E-state index in [0.29, 0.717) is 5.41 Å². The van der Waals surface area contributed by atoms with Crippen LogP contribution in [0.15, 0.2) is 0 Å². The zero-order chi connectivity index (χ0) is 13.1. The molecule has 0 amide bonds. The van der Waals surface area contributed by atoms with Crippen LogP contribution in [0, 0.1) is 11.3 Å². The number of rotatable bonds is 10. The monoisotopic (exact) mass is 242 g/mol. The summed E-state index contributed by atoms with van der Waals surface area (Å²) in [5.74, 6) is 0.834. The molecule has 0 aromatic heterocycles. The predicted molar refractivity (Wildman–Crippen MR) is 78.5 cm³/mol. The van der Waals surface area contributed by atoms with Gasteiger partial charge in [0.2, 0.25) is 0 Å². The largest absolute Gasteiger partial charge is 0.317 e. The maximum Gasteiger partial charge on any atom is -0.00368 e. The number of hydrogen-bond acceptors (Lipinski definition) is 2. The molecule has 2 nitrogen and oxygen atoms in total. The van der Waals surface area contributed by atoms with Crippen molar-refractivity contribution in [2.75, 3.05) is 26.2 Å². The van der Waals surface area contributed by atoms with Gasteiger partial charge in [-0.2, -0.15) is 0 Å². The second-order valence-corrected chi connectivity index (χ2v) is 6.51. The van der Waals surface area contributed by atoms with Gasteiger partial charge in [-0.15, -0.1) is 0 Å². The van der Waals surface area contributed by atoms with Crippen molar-refractivity contribution in [3.63, 3.8) is 0 Å². The van der Waals surface area contributed by atoms with E-state index in [0.717, 1.165) is 25.6 Å². The summed E-state index contributed by atoms with van der Waals surface area (Å²) < 4.78 is 0. The van der Waals surface area contributed by atoms with E-state index in [1.807, 2.05) is 0 Å². The van der Waals surface area contributed by atoms with Gasteiger partial charge in [-0.1, -0.05) is 34.6 Å². The molecule has 0 aliphatic heterocycles. The van der Waals surface area contributed by atoms with E-state index in [2.05, 4.69) is 45.3 Å². The average Bonchev–Trinajstić information content (AvgIpc) is 2.19. The Hall–Kier alpha value is -0.0800. The van der Waals surface area contributed by atoms with Crippen molar-refractivity contribution < 1.29 is 0 Å². The molecule has 0 aliphatic carbocycles. The fraction of sp³-hybridized carbons (Fsp3) is 1.00. The van der Waals surface area contributed by atoms with Crippen LogP contribution in [-0.4, -0.2) is 26.2 Å². The molecule has 0 saturated heterocycles. The summed E-state index contributed by atoms with van der Waals surface area (Å²) >= 11 is 0. The first-order valence-corrected chi connectivity index (χ1v) is 7.37. The second-order valence-electron chi connectivity index (χ2n) is 6.51.